The highest BCUT2D eigenvalue weighted by molar-refractivity contribution is 8.31. The van der Waals surface area contributed by atoms with Crippen LogP contribution in [0.4, 0.5) is 0 Å². The van der Waals surface area contributed by atoms with Crippen LogP contribution in [0, 0.1) is 10.2 Å². The van der Waals surface area contributed by atoms with Crippen LogP contribution >= 0.6 is 23.5 Å². The highest BCUT2D eigenvalue weighted by Crippen LogP contribution is 2.48. The molecule has 0 amide bonds. The summed E-state index contributed by atoms with van der Waals surface area (Å²) in [6.45, 7) is 0. The predicted molar refractivity (Wildman–Crippen MR) is 103 cm³/mol. The van der Waals surface area contributed by atoms with Crippen molar-refractivity contribution >= 4 is 45.4 Å². The topological polar surface area (TPSA) is 96.1 Å². The summed E-state index contributed by atoms with van der Waals surface area (Å²) >= 11 is 3.65. The van der Waals surface area contributed by atoms with E-state index in [2.05, 4.69) is 89.8 Å². The van der Waals surface area contributed by atoms with E-state index in [9.17, 15) is 0 Å². The average molecular weight is 434 g/mol. The molecular weight excluding hydrogens is 418 g/mol. The summed E-state index contributed by atoms with van der Waals surface area (Å²) < 4.78 is 37.5. The number of para-hydroxylation sites is 1. The summed E-state index contributed by atoms with van der Waals surface area (Å²) in [4.78, 5) is 1.32. The van der Waals surface area contributed by atoms with E-state index in [-0.39, 0.29) is 0 Å². The maximum Gasteiger partial charge on any atom is 0.212 e. The van der Waals surface area contributed by atoms with Crippen molar-refractivity contribution in [2.75, 3.05) is 0 Å². The highest BCUT2D eigenvalue weighted by atomic mass is 35.7. The molecule has 0 atom stereocenters. The van der Waals surface area contributed by atoms with E-state index in [1.165, 1.54) is 31.3 Å². The van der Waals surface area contributed by atoms with Crippen LogP contribution in [-0.2, 0) is 7.05 Å². The summed E-state index contributed by atoms with van der Waals surface area (Å²) in [7, 11) is -2.81. The van der Waals surface area contributed by atoms with E-state index in [1.807, 2.05) is 11.8 Å². The molecule has 8 heteroatoms. The van der Waals surface area contributed by atoms with Crippen molar-refractivity contribution in [1.82, 2.24) is 0 Å². The van der Waals surface area contributed by atoms with E-state index in [1.54, 1.807) is 11.8 Å². The summed E-state index contributed by atoms with van der Waals surface area (Å²) in [5.74, 6) is 0. The van der Waals surface area contributed by atoms with Crippen LogP contribution < -0.4 is 23.2 Å². The largest absolute Gasteiger partial charge is 0.222 e. The van der Waals surface area contributed by atoms with Gasteiger partial charge in [0.25, 0.3) is 0 Å². The number of hydrogen-bond donors (Lipinski definition) is 0. The Morgan fingerprint density at radius 2 is 1.50 bits per heavy atom. The molecule has 4 rings (SSSR count). The second-order valence-electron chi connectivity index (χ2n) is 5.79. The highest BCUT2D eigenvalue weighted by Gasteiger charge is 2.16. The third-order valence-corrected chi connectivity index (χ3v) is 6.22. The van der Waals surface area contributed by atoms with Gasteiger partial charge >= 0.3 is 0 Å². The molecule has 1 aliphatic heterocycles. The van der Waals surface area contributed by atoms with Gasteiger partial charge < -0.3 is 0 Å². The molecule has 2 heterocycles. The summed E-state index contributed by atoms with van der Waals surface area (Å²) in [5.41, 5.74) is 3.77. The van der Waals surface area contributed by atoms with Crippen LogP contribution in [0.1, 0.15) is 11.3 Å². The van der Waals surface area contributed by atoms with E-state index >= 15 is 0 Å². The van der Waals surface area contributed by atoms with Crippen molar-refractivity contribution in [3.63, 3.8) is 0 Å². The van der Waals surface area contributed by atoms with Crippen molar-refractivity contribution in [3.05, 3.63) is 87.6 Å². The van der Waals surface area contributed by atoms with E-state index in [4.69, 9.17) is 18.6 Å². The quantitative estimate of drug-likeness (QED) is 0.551. The van der Waals surface area contributed by atoms with Crippen molar-refractivity contribution in [2.24, 2.45) is 7.05 Å². The van der Waals surface area contributed by atoms with Gasteiger partial charge in [0.05, 0.1) is 4.24 Å². The predicted octanol–water partition coefficient (Wildman–Crippen LogP) is 0.685. The zero-order valence-corrected chi connectivity index (χ0v) is 17.2. The second-order valence-corrected chi connectivity index (χ2v) is 8.79. The molecule has 0 aliphatic carbocycles. The summed E-state index contributed by atoms with van der Waals surface area (Å²) in [6, 6.07) is 23.4. The minimum atomic E-state index is -4.94. The van der Waals surface area contributed by atoms with E-state index in [0.29, 0.717) is 0 Å². The molecule has 0 saturated carbocycles. The lowest BCUT2D eigenvalue weighted by Gasteiger charge is -2.17. The van der Waals surface area contributed by atoms with Crippen molar-refractivity contribution in [1.29, 1.82) is 0 Å². The van der Waals surface area contributed by atoms with Crippen LogP contribution in [0.3, 0.4) is 0 Å². The van der Waals surface area contributed by atoms with Gasteiger partial charge in [-0.15, -0.1) is 10.2 Å². The molecule has 1 aromatic heterocycles. The Balaban J connectivity index is 0.000000403. The van der Waals surface area contributed by atoms with Gasteiger partial charge in [0, 0.05) is 28.5 Å². The maximum absolute atomic E-state index is 8.49. The molecule has 28 heavy (non-hydrogen) atoms. The number of nitrogens with zero attached hydrogens (tertiary/aromatic N) is 1. The fourth-order valence-corrected chi connectivity index (χ4v) is 4.83. The molecule has 5 nitrogen and oxygen atoms in total. The Morgan fingerprint density at radius 3 is 2.21 bits per heavy atom. The van der Waals surface area contributed by atoms with Gasteiger partial charge in [0.15, 0.2) is 0 Å². The Labute approximate surface area is 173 Å². The standard InChI is InChI=1S/C20H16NS2.ClHO4/c1-21-17(12-11-15-7-5-6-10-18(15)21)13-20-22-14-19(23-20)16-8-3-2-4-9-16;2-1(3,4)5/h2-14H,1H3;(H,2,3,4,5)/q+1;/p-1/b20-13-;. The Morgan fingerprint density at radius 1 is 0.857 bits per heavy atom. The lowest BCUT2D eigenvalue weighted by molar-refractivity contribution is -2.00. The number of halogens is 1. The first-order valence-electron chi connectivity index (χ1n) is 8.12. The van der Waals surface area contributed by atoms with Gasteiger partial charge in [-0.1, -0.05) is 66.0 Å². The van der Waals surface area contributed by atoms with Gasteiger partial charge in [0.2, 0.25) is 11.2 Å². The fraction of sp³-hybridized carbons (Fsp3) is 0.0500. The third-order valence-electron chi connectivity index (χ3n) is 3.94. The van der Waals surface area contributed by atoms with Crippen LogP contribution in [0.5, 0.6) is 0 Å². The van der Waals surface area contributed by atoms with Crippen molar-refractivity contribution < 1.29 is 33.4 Å². The number of aryl methyl sites for hydroxylation is 1. The molecule has 0 N–H and O–H groups in total. The average Bonchev–Trinajstić information content (AvgIpc) is 3.12. The Hall–Kier alpha value is -1.84. The Kier molecular flexibility index (Phi) is 6.79. The summed E-state index contributed by atoms with van der Waals surface area (Å²) in [6.07, 6.45) is 2.27. The van der Waals surface area contributed by atoms with Crippen LogP contribution in [-0.4, -0.2) is 0 Å². The summed E-state index contributed by atoms with van der Waals surface area (Å²) in [5, 5.41) is 3.51. The fourth-order valence-electron chi connectivity index (χ4n) is 2.69. The normalized spacial score (nSPS) is 15.3. The molecule has 0 bridgehead atoms. The van der Waals surface area contributed by atoms with Crippen LogP contribution in [0.2, 0.25) is 0 Å². The maximum atomic E-state index is 8.49. The van der Waals surface area contributed by atoms with Gasteiger partial charge in [-0.2, -0.15) is 4.57 Å². The van der Waals surface area contributed by atoms with Gasteiger partial charge in [-0.05, 0) is 23.1 Å². The van der Waals surface area contributed by atoms with Crippen LogP contribution in [0.15, 0.2) is 76.4 Å². The number of pyridine rings is 1. The Bertz CT molecular complexity index is 1030. The minimum Gasteiger partial charge on any atom is -0.222 e. The molecular formula is C20H16ClNO4S2. The first kappa shape index (κ1) is 20.9. The van der Waals surface area contributed by atoms with Gasteiger partial charge in [-0.3, -0.25) is 0 Å². The molecule has 0 radical (unpaired) electrons. The molecule has 0 unspecified atom stereocenters. The first-order valence-corrected chi connectivity index (χ1v) is 11.1. The zero-order chi connectivity index (χ0) is 20.1. The number of hydrogen-bond acceptors (Lipinski definition) is 6. The monoisotopic (exact) mass is 433 g/mol. The third kappa shape index (κ3) is 5.83. The molecule has 3 aromatic rings. The molecule has 0 fully saturated rings. The zero-order valence-electron chi connectivity index (χ0n) is 14.8. The molecule has 144 valence electrons. The molecule has 0 saturated heterocycles. The lowest BCUT2D eigenvalue weighted by atomic mass is 10.2. The minimum absolute atomic E-state index is 1.22. The molecule has 1 aliphatic rings. The number of benzene rings is 2. The number of fused-ring (bicyclic) bond motifs is 1. The number of thioether (sulfide) groups is 2. The second kappa shape index (κ2) is 9.11. The van der Waals surface area contributed by atoms with Crippen molar-refractivity contribution in [2.45, 2.75) is 0 Å². The first-order chi connectivity index (χ1) is 13.3. The van der Waals surface area contributed by atoms with Crippen molar-refractivity contribution in [3.8, 4) is 0 Å². The van der Waals surface area contributed by atoms with E-state index in [0.717, 1.165) is 0 Å². The molecule has 2 aromatic carbocycles. The van der Waals surface area contributed by atoms with Gasteiger partial charge in [-0.25, -0.2) is 18.6 Å². The SMILES string of the molecule is C[n+]1c(/C=C2/SC=C(c3ccccc3)S2)ccc2ccccc21.[O-][Cl+3]([O-])([O-])[O-]. The lowest BCUT2D eigenvalue weighted by Crippen LogP contribution is -2.68. The van der Waals surface area contributed by atoms with Gasteiger partial charge in [0.1, 0.15) is 7.05 Å². The smallest absolute Gasteiger partial charge is 0.212 e. The molecule has 0 spiro atoms. The van der Waals surface area contributed by atoms with Crippen LogP contribution in [0.25, 0.3) is 21.9 Å². The number of rotatable bonds is 2. The number of aromatic nitrogens is 1. The van der Waals surface area contributed by atoms with E-state index < -0.39 is 10.2 Å².